The molecule has 1 aromatic heterocycles. The lowest BCUT2D eigenvalue weighted by molar-refractivity contribution is 0.0928. The van der Waals surface area contributed by atoms with Crippen LogP contribution < -0.4 is 5.32 Å². The number of carbonyl (C=O) groups is 1. The lowest BCUT2D eigenvalue weighted by atomic mass is 10.1. The molecule has 1 heterocycles. The molecule has 0 unspecified atom stereocenters. The van der Waals surface area contributed by atoms with Crippen LogP contribution in [0.1, 0.15) is 49.0 Å². The number of amides is 1. The Morgan fingerprint density at radius 1 is 1.14 bits per heavy atom. The van der Waals surface area contributed by atoms with Crippen LogP contribution in [-0.2, 0) is 0 Å². The molecule has 0 bridgehead atoms. The molecule has 3 rings (SSSR count). The van der Waals surface area contributed by atoms with Crippen LogP contribution in [0.15, 0.2) is 30.3 Å². The van der Waals surface area contributed by atoms with Crippen molar-refractivity contribution in [2.24, 2.45) is 0 Å². The maximum absolute atomic E-state index is 12.9. The zero-order chi connectivity index (χ0) is 15.4. The Kier molecular flexibility index (Phi) is 4.51. The number of nitrogens with zero attached hydrogens (tertiary/aromatic N) is 1. The van der Waals surface area contributed by atoms with E-state index >= 15 is 0 Å². The Morgan fingerprint density at radius 2 is 1.82 bits per heavy atom. The Labute approximate surface area is 129 Å². The van der Waals surface area contributed by atoms with Crippen LogP contribution in [0.3, 0.4) is 0 Å². The molecule has 0 radical (unpaired) electrons. The number of hydrogen-bond donors (Lipinski definition) is 2. The van der Waals surface area contributed by atoms with Crippen molar-refractivity contribution >= 4 is 5.91 Å². The Balaban J connectivity index is 1.67. The number of aromatic amines is 1. The summed E-state index contributed by atoms with van der Waals surface area (Å²) in [5, 5.41) is 9.99. The average Bonchev–Trinajstić information content (AvgIpc) is 2.88. The molecule has 0 saturated heterocycles. The Bertz CT molecular complexity index is 628. The second-order valence-corrected chi connectivity index (χ2v) is 5.84. The summed E-state index contributed by atoms with van der Waals surface area (Å²) >= 11 is 0. The standard InChI is InChI=1S/C17H20FN3O/c18-13-9-7-12(8-10-13)15-11-16(21-20-15)17(22)19-14-5-3-1-2-4-6-14/h7-11,14H,1-6H2,(H,19,22)(H,20,21). The molecule has 1 aliphatic rings. The van der Waals surface area contributed by atoms with Crippen molar-refractivity contribution in [1.29, 1.82) is 0 Å². The van der Waals surface area contributed by atoms with Gasteiger partial charge >= 0.3 is 0 Å². The van der Waals surface area contributed by atoms with Gasteiger partial charge in [0.25, 0.3) is 5.91 Å². The number of H-pyrrole nitrogens is 1. The van der Waals surface area contributed by atoms with Crippen LogP contribution >= 0.6 is 0 Å². The van der Waals surface area contributed by atoms with E-state index in [2.05, 4.69) is 15.5 Å². The quantitative estimate of drug-likeness (QED) is 0.850. The molecule has 2 N–H and O–H groups in total. The van der Waals surface area contributed by atoms with E-state index in [1.165, 1.54) is 37.8 Å². The Morgan fingerprint density at radius 3 is 2.50 bits per heavy atom. The topological polar surface area (TPSA) is 57.8 Å². The highest BCUT2D eigenvalue weighted by molar-refractivity contribution is 5.93. The smallest absolute Gasteiger partial charge is 0.269 e. The zero-order valence-electron chi connectivity index (χ0n) is 12.4. The molecule has 0 spiro atoms. The van der Waals surface area contributed by atoms with Gasteiger partial charge in [-0.15, -0.1) is 0 Å². The third kappa shape index (κ3) is 3.53. The molecule has 1 aliphatic carbocycles. The summed E-state index contributed by atoms with van der Waals surface area (Å²) in [6.07, 6.45) is 6.95. The molecule has 0 atom stereocenters. The van der Waals surface area contributed by atoms with Gasteiger partial charge in [-0.2, -0.15) is 5.10 Å². The SMILES string of the molecule is O=C(NC1CCCCCC1)c1cc(-c2ccc(F)cc2)n[nH]1. The van der Waals surface area contributed by atoms with E-state index in [1.54, 1.807) is 18.2 Å². The molecular weight excluding hydrogens is 281 g/mol. The molecular formula is C17H20FN3O. The van der Waals surface area contributed by atoms with Gasteiger partial charge in [0.15, 0.2) is 0 Å². The van der Waals surface area contributed by atoms with Crippen molar-refractivity contribution in [1.82, 2.24) is 15.5 Å². The fraction of sp³-hybridized carbons (Fsp3) is 0.412. The van der Waals surface area contributed by atoms with Crippen molar-refractivity contribution in [3.63, 3.8) is 0 Å². The van der Waals surface area contributed by atoms with Crippen LogP contribution in [0.2, 0.25) is 0 Å². The molecule has 1 fully saturated rings. The first-order valence-electron chi connectivity index (χ1n) is 7.84. The lowest BCUT2D eigenvalue weighted by Gasteiger charge is -2.15. The number of hydrogen-bond acceptors (Lipinski definition) is 2. The number of rotatable bonds is 3. The van der Waals surface area contributed by atoms with Crippen molar-refractivity contribution < 1.29 is 9.18 Å². The van der Waals surface area contributed by atoms with Gasteiger partial charge in [0.2, 0.25) is 0 Å². The van der Waals surface area contributed by atoms with E-state index in [9.17, 15) is 9.18 Å². The van der Waals surface area contributed by atoms with Gasteiger partial charge in [-0.05, 0) is 43.2 Å². The van der Waals surface area contributed by atoms with E-state index < -0.39 is 0 Å². The van der Waals surface area contributed by atoms with Crippen LogP contribution in [0, 0.1) is 5.82 Å². The predicted octanol–water partition coefficient (Wildman–Crippen LogP) is 3.67. The molecule has 4 nitrogen and oxygen atoms in total. The number of nitrogens with one attached hydrogen (secondary N) is 2. The second kappa shape index (κ2) is 6.73. The molecule has 1 saturated carbocycles. The molecule has 5 heteroatoms. The maximum atomic E-state index is 12.9. The van der Waals surface area contributed by atoms with Gasteiger partial charge in [0.05, 0.1) is 5.69 Å². The van der Waals surface area contributed by atoms with Gasteiger partial charge in [-0.25, -0.2) is 4.39 Å². The van der Waals surface area contributed by atoms with Crippen molar-refractivity contribution in [2.75, 3.05) is 0 Å². The molecule has 2 aromatic rings. The first kappa shape index (κ1) is 14.8. The highest BCUT2D eigenvalue weighted by atomic mass is 19.1. The summed E-state index contributed by atoms with van der Waals surface area (Å²) in [6, 6.07) is 8.04. The zero-order valence-corrected chi connectivity index (χ0v) is 12.4. The van der Waals surface area contributed by atoms with Gasteiger partial charge < -0.3 is 5.32 Å². The minimum atomic E-state index is -0.286. The number of carbonyl (C=O) groups excluding carboxylic acids is 1. The fourth-order valence-electron chi connectivity index (χ4n) is 2.89. The summed E-state index contributed by atoms with van der Waals surface area (Å²) in [5.74, 6) is -0.404. The molecule has 116 valence electrons. The van der Waals surface area contributed by atoms with E-state index in [-0.39, 0.29) is 17.8 Å². The van der Waals surface area contributed by atoms with E-state index in [0.717, 1.165) is 18.4 Å². The summed E-state index contributed by atoms with van der Waals surface area (Å²) in [7, 11) is 0. The van der Waals surface area contributed by atoms with Crippen LogP contribution in [-0.4, -0.2) is 22.1 Å². The molecule has 1 aromatic carbocycles. The van der Waals surface area contributed by atoms with Crippen LogP contribution in [0.5, 0.6) is 0 Å². The predicted molar refractivity (Wildman–Crippen MR) is 82.9 cm³/mol. The number of halogens is 1. The van der Waals surface area contributed by atoms with E-state index in [1.807, 2.05) is 0 Å². The number of benzene rings is 1. The summed E-state index contributed by atoms with van der Waals surface area (Å²) in [5.41, 5.74) is 1.88. The summed E-state index contributed by atoms with van der Waals surface area (Å²) in [6.45, 7) is 0. The fourth-order valence-corrected chi connectivity index (χ4v) is 2.89. The molecule has 22 heavy (non-hydrogen) atoms. The first-order chi connectivity index (χ1) is 10.7. The lowest BCUT2D eigenvalue weighted by Crippen LogP contribution is -2.34. The highest BCUT2D eigenvalue weighted by Gasteiger charge is 2.17. The van der Waals surface area contributed by atoms with Crippen molar-refractivity contribution in [3.05, 3.63) is 41.8 Å². The third-order valence-electron chi connectivity index (χ3n) is 4.15. The van der Waals surface area contributed by atoms with Gasteiger partial charge in [0, 0.05) is 11.6 Å². The second-order valence-electron chi connectivity index (χ2n) is 5.84. The minimum absolute atomic E-state index is 0.118. The van der Waals surface area contributed by atoms with Crippen LogP contribution in [0.4, 0.5) is 4.39 Å². The third-order valence-corrected chi connectivity index (χ3v) is 4.15. The first-order valence-corrected chi connectivity index (χ1v) is 7.84. The summed E-state index contributed by atoms with van der Waals surface area (Å²) < 4.78 is 12.9. The monoisotopic (exact) mass is 301 g/mol. The molecule has 1 amide bonds. The molecule has 0 aliphatic heterocycles. The van der Waals surface area contributed by atoms with Gasteiger partial charge in [0.1, 0.15) is 11.5 Å². The Hall–Kier alpha value is -2.17. The largest absolute Gasteiger partial charge is 0.348 e. The van der Waals surface area contributed by atoms with E-state index in [0.29, 0.717) is 11.4 Å². The maximum Gasteiger partial charge on any atom is 0.269 e. The van der Waals surface area contributed by atoms with Crippen molar-refractivity contribution in [2.45, 2.75) is 44.6 Å². The number of aromatic nitrogens is 2. The highest BCUT2D eigenvalue weighted by Crippen LogP contribution is 2.20. The van der Waals surface area contributed by atoms with E-state index in [4.69, 9.17) is 0 Å². The minimum Gasteiger partial charge on any atom is -0.348 e. The summed E-state index contributed by atoms with van der Waals surface area (Å²) in [4.78, 5) is 12.3. The van der Waals surface area contributed by atoms with Crippen molar-refractivity contribution in [3.8, 4) is 11.3 Å². The normalized spacial score (nSPS) is 16.2. The van der Waals surface area contributed by atoms with Crippen LogP contribution in [0.25, 0.3) is 11.3 Å². The van der Waals surface area contributed by atoms with Gasteiger partial charge in [-0.1, -0.05) is 25.7 Å². The average molecular weight is 301 g/mol. The van der Waals surface area contributed by atoms with Gasteiger partial charge in [-0.3, -0.25) is 9.89 Å².